The standard InChI is InChI=1S/C13H16N2O2/c1-6-4-5-9-8(3)12(10(14)13(16)17)15-11(9)7(6)2/h4-5,10,15H,14H2,1-3H3,(H,16,17). The number of aliphatic carboxylic acids is 1. The van der Waals surface area contributed by atoms with E-state index in [2.05, 4.69) is 4.98 Å². The van der Waals surface area contributed by atoms with Crippen LogP contribution in [0.25, 0.3) is 10.9 Å². The van der Waals surface area contributed by atoms with Crippen molar-refractivity contribution in [2.24, 2.45) is 5.73 Å². The fourth-order valence-electron chi connectivity index (χ4n) is 2.10. The molecule has 0 aliphatic heterocycles. The van der Waals surface area contributed by atoms with Gasteiger partial charge >= 0.3 is 5.97 Å². The van der Waals surface area contributed by atoms with Gasteiger partial charge in [-0.25, -0.2) is 0 Å². The van der Waals surface area contributed by atoms with Crippen LogP contribution in [-0.4, -0.2) is 16.1 Å². The van der Waals surface area contributed by atoms with Gasteiger partial charge in [-0.2, -0.15) is 0 Å². The number of nitrogens with one attached hydrogen (secondary N) is 1. The first-order valence-corrected chi connectivity index (χ1v) is 5.50. The Labute approximate surface area is 99.4 Å². The second kappa shape index (κ2) is 3.89. The van der Waals surface area contributed by atoms with Gasteiger partial charge in [0.05, 0.1) is 0 Å². The molecule has 2 aromatic rings. The van der Waals surface area contributed by atoms with Crippen LogP contribution >= 0.6 is 0 Å². The molecule has 1 aromatic carbocycles. The van der Waals surface area contributed by atoms with Crippen molar-refractivity contribution in [3.8, 4) is 0 Å². The number of aromatic amines is 1. The van der Waals surface area contributed by atoms with Crippen LogP contribution in [0.5, 0.6) is 0 Å². The quantitative estimate of drug-likeness (QED) is 0.742. The number of rotatable bonds is 2. The molecule has 0 saturated carbocycles. The predicted octanol–water partition coefficient (Wildman–Crippen LogP) is 2.18. The van der Waals surface area contributed by atoms with Crippen LogP contribution in [0.1, 0.15) is 28.4 Å². The number of hydrogen-bond acceptors (Lipinski definition) is 2. The lowest BCUT2D eigenvalue weighted by Crippen LogP contribution is -2.21. The lowest BCUT2D eigenvalue weighted by molar-refractivity contribution is -0.138. The summed E-state index contributed by atoms with van der Waals surface area (Å²) in [4.78, 5) is 14.1. The van der Waals surface area contributed by atoms with Gasteiger partial charge in [-0.15, -0.1) is 0 Å². The largest absolute Gasteiger partial charge is 0.480 e. The summed E-state index contributed by atoms with van der Waals surface area (Å²) in [5.74, 6) is -1.02. The third-order valence-electron chi connectivity index (χ3n) is 3.38. The van der Waals surface area contributed by atoms with Crippen molar-refractivity contribution in [1.82, 2.24) is 4.98 Å². The van der Waals surface area contributed by atoms with Crippen molar-refractivity contribution in [3.05, 3.63) is 34.5 Å². The Kier molecular flexibility index (Phi) is 2.67. The van der Waals surface area contributed by atoms with Crippen LogP contribution in [0.3, 0.4) is 0 Å². The molecular weight excluding hydrogens is 216 g/mol. The Morgan fingerprint density at radius 1 is 1.29 bits per heavy atom. The number of benzene rings is 1. The molecule has 0 aliphatic carbocycles. The number of nitrogens with two attached hydrogens (primary N) is 1. The molecule has 0 fully saturated rings. The number of H-pyrrole nitrogens is 1. The molecule has 0 amide bonds. The molecule has 2 rings (SSSR count). The highest BCUT2D eigenvalue weighted by atomic mass is 16.4. The van der Waals surface area contributed by atoms with E-state index in [1.54, 1.807) is 0 Å². The second-order valence-corrected chi connectivity index (χ2v) is 4.41. The molecule has 1 unspecified atom stereocenters. The van der Waals surface area contributed by atoms with Crippen molar-refractivity contribution >= 4 is 16.9 Å². The molecule has 4 nitrogen and oxygen atoms in total. The minimum atomic E-state index is -1.02. The van der Waals surface area contributed by atoms with E-state index in [4.69, 9.17) is 10.8 Å². The van der Waals surface area contributed by atoms with Crippen LogP contribution in [0.15, 0.2) is 12.1 Å². The molecule has 1 heterocycles. The fourth-order valence-corrected chi connectivity index (χ4v) is 2.10. The van der Waals surface area contributed by atoms with Gasteiger partial charge in [0.15, 0.2) is 0 Å². The first kappa shape index (κ1) is 11.7. The topological polar surface area (TPSA) is 79.1 Å². The summed E-state index contributed by atoms with van der Waals surface area (Å²) in [7, 11) is 0. The van der Waals surface area contributed by atoms with E-state index < -0.39 is 12.0 Å². The molecule has 1 aromatic heterocycles. The van der Waals surface area contributed by atoms with Crippen LogP contribution in [-0.2, 0) is 4.79 Å². The Morgan fingerprint density at radius 2 is 1.94 bits per heavy atom. The van der Waals surface area contributed by atoms with Gasteiger partial charge in [-0.05, 0) is 37.5 Å². The summed E-state index contributed by atoms with van der Waals surface area (Å²) in [6.45, 7) is 5.94. The zero-order valence-electron chi connectivity index (χ0n) is 10.2. The molecule has 0 spiro atoms. The number of carbonyl (C=O) groups is 1. The van der Waals surface area contributed by atoms with Crippen LogP contribution in [0.4, 0.5) is 0 Å². The molecule has 4 heteroatoms. The van der Waals surface area contributed by atoms with Crippen molar-refractivity contribution in [3.63, 3.8) is 0 Å². The molecule has 1 atom stereocenters. The smallest absolute Gasteiger partial charge is 0.326 e. The molecule has 0 radical (unpaired) electrons. The number of fused-ring (bicyclic) bond motifs is 1. The minimum Gasteiger partial charge on any atom is -0.480 e. The second-order valence-electron chi connectivity index (χ2n) is 4.41. The minimum absolute atomic E-state index is 0.584. The maximum absolute atomic E-state index is 10.9. The van der Waals surface area contributed by atoms with Crippen molar-refractivity contribution in [2.45, 2.75) is 26.8 Å². The average Bonchev–Trinajstić information content (AvgIpc) is 2.61. The zero-order valence-corrected chi connectivity index (χ0v) is 10.2. The molecular formula is C13H16N2O2. The van der Waals surface area contributed by atoms with Crippen LogP contribution < -0.4 is 5.73 Å². The molecule has 4 N–H and O–H groups in total. The van der Waals surface area contributed by atoms with E-state index in [0.717, 1.165) is 22.0 Å². The first-order valence-electron chi connectivity index (χ1n) is 5.50. The fraction of sp³-hybridized carbons (Fsp3) is 0.308. The summed E-state index contributed by atoms with van der Waals surface area (Å²) in [6.07, 6.45) is 0. The van der Waals surface area contributed by atoms with E-state index in [-0.39, 0.29) is 0 Å². The van der Waals surface area contributed by atoms with Gasteiger partial charge in [0, 0.05) is 16.6 Å². The van der Waals surface area contributed by atoms with Crippen molar-refractivity contribution in [2.75, 3.05) is 0 Å². The maximum atomic E-state index is 10.9. The van der Waals surface area contributed by atoms with Crippen LogP contribution in [0.2, 0.25) is 0 Å². The summed E-state index contributed by atoms with van der Waals surface area (Å²) >= 11 is 0. The van der Waals surface area contributed by atoms with Gasteiger partial charge in [-0.3, -0.25) is 4.79 Å². The average molecular weight is 232 g/mol. The highest BCUT2D eigenvalue weighted by molar-refractivity contribution is 5.90. The summed E-state index contributed by atoms with van der Waals surface area (Å²) in [5.41, 5.74) is 10.4. The molecule has 0 saturated heterocycles. The van der Waals surface area contributed by atoms with Crippen molar-refractivity contribution in [1.29, 1.82) is 0 Å². The molecule has 17 heavy (non-hydrogen) atoms. The van der Waals surface area contributed by atoms with Gasteiger partial charge in [0.25, 0.3) is 0 Å². The molecule has 0 aliphatic rings. The monoisotopic (exact) mass is 232 g/mol. The van der Waals surface area contributed by atoms with Gasteiger partial charge in [-0.1, -0.05) is 12.1 Å². The first-order chi connectivity index (χ1) is 7.93. The molecule has 90 valence electrons. The predicted molar refractivity (Wildman–Crippen MR) is 67.1 cm³/mol. The Morgan fingerprint density at radius 3 is 2.53 bits per heavy atom. The lowest BCUT2D eigenvalue weighted by atomic mass is 10.0. The highest BCUT2D eigenvalue weighted by Gasteiger charge is 2.20. The molecule has 0 bridgehead atoms. The summed E-state index contributed by atoms with van der Waals surface area (Å²) in [5, 5.41) is 10.0. The van der Waals surface area contributed by atoms with Crippen molar-refractivity contribution < 1.29 is 9.90 Å². The lowest BCUT2D eigenvalue weighted by Gasteiger charge is -2.04. The van der Waals surface area contributed by atoms with Gasteiger partial charge in [0.2, 0.25) is 0 Å². The third kappa shape index (κ3) is 1.70. The van der Waals surface area contributed by atoms with Gasteiger partial charge in [0.1, 0.15) is 6.04 Å². The number of carboxylic acids is 1. The highest BCUT2D eigenvalue weighted by Crippen LogP contribution is 2.28. The number of aryl methyl sites for hydroxylation is 3. The van der Waals surface area contributed by atoms with E-state index >= 15 is 0 Å². The Hall–Kier alpha value is -1.81. The number of hydrogen-bond donors (Lipinski definition) is 3. The normalized spacial score (nSPS) is 12.9. The van der Waals surface area contributed by atoms with E-state index in [1.165, 1.54) is 5.56 Å². The third-order valence-corrected chi connectivity index (χ3v) is 3.38. The maximum Gasteiger partial charge on any atom is 0.326 e. The number of carboxylic acid groups (broad SMARTS) is 1. The summed E-state index contributed by atoms with van der Waals surface area (Å²) < 4.78 is 0. The van der Waals surface area contributed by atoms with Gasteiger partial charge < -0.3 is 15.8 Å². The SMILES string of the molecule is Cc1ccc2c(C)c(C(N)C(=O)O)[nH]c2c1C. The number of aromatic nitrogens is 1. The Bertz CT molecular complexity index is 599. The van der Waals surface area contributed by atoms with Crippen LogP contribution in [0, 0.1) is 20.8 Å². The van der Waals surface area contributed by atoms with E-state index in [1.807, 2.05) is 32.9 Å². The Balaban J connectivity index is 2.73. The van der Waals surface area contributed by atoms with E-state index in [0.29, 0.717) is 5.69 Å². The zero-order chi connectivity index (χ0) is 12.7. The van der Waals surface area contributed by atoms with E-state index in [9.17, 15) is 4.79 Å². The summed E-state index contributed by atoms with van der Waals surface area (Å²) in [6, 6.07) is 3.04.